The highest BCUT2D eigenvalue weighted by Gasteiger charge is 2.12. The zero-order valence-electron chi connectivity index (χ0n) is 10.2. The van der Waals surface area contributed by atoms with E-state index in [1.54, 1.807) is 6.07 Å². The molecule has 0 atom stereocenters. The number of thiophene rings is 1. The van der Waals surface area contributed by atoms with Crippen molar-refractivity contribution in [2.75, 3.05) is 5.32 Å². The van der Waals surface area contributed by atoms with E-state index in [0.717, 1.165) is 19.5 Å². The summed E-state index contributed by atoms with van der Waals surface area (Å²) in [5.41, 5.74) is 7.25. The topological polar surface area (TPSA) is 55.1 Å². The molecule has 3 nitrogen and oxygen atoms in total. The summed E-state index contributed by atoms with van der Waals surface area (Å²) >= 11 is 13.0. The van der Waals surface area contributed by atoms with Crippen LogP contribution < -0.4 is 11.1 Å². The van der Waals surface area contributed by atoms with Crippen molar-refractivity contribution < 1.29 is 4.79 Å². The van der Waals surface area contributed by atoms with Gasteiger partial charge < -0.3 is 11.1 Å². The van der Waals surface area contributed by atoms with E-state index in [1.807, 2.05) is 24.3 Å². The molecule has 0 radical (unpaired) electrons. The van der Waals surface area contributed by atoms with Crippen molar-refractivity contribution in [2.24, 2.45) is 5.73 Å². The summed E-state index contributed by atoms with van der Waals surface area (Å²) in [4.78, 5) is 13.1. The lowest BCUT2D eigenvalue weighted by Crippen LogP contribution is -2.12. The van der Waals surface area contributed by atoms with Crippen LogP contribution in [0.5, 0.6) is 0 Å². The lowest BCUT2D eigenvalue weighted by Gasteiger charge is -2.05. The van der Waals surface area contributed by atoms with Gasteiger partial charge in [-0.1, -0.05) is 24.4 Å². The predicted molar refractivity (Wildman–Crippen MR) is 94.6 cm³/mol. The average molecular weight is 434 g/mol. The number of carbonyl (C=O) groups excluding carboxylic acids is 1. The largest absolute Gasteiger partial charge is 0.393 e. The van der Waals surface area contributed by atoms with Gasteiger partial charge >= 0.3 is 0 Å². The molecule has 104 valence electrons. The number of carbonyl (C=O) groups is 1. The summed E-state index contributed by atoms with van der Waals surface area (Å²) in [6, 6.07) is 9.25. The average Bonchev–Trinajstić information content (AvgIpc) is 2.71. The summed E-state index contributed by atoms with van der Waals surface area (Å²) in [6.07, 6.45) is 0.564. The minimum atomic E-state index is -0.136. The highest BCUT2D eigenvalue weighted by atomic mass is 79.9. The fourth-order valence-electron chi connectivity index (χ4n) is 1.56. The van der Waals surface area contributed by atoms with Gasteiger partial charge in [-0.3, -0.25) is 4.79 Å². The molecular formula is C13H10Br2N2OS2. The number of hydrogen-bond donors (Lipinski definition) is 2. The molecule has 1 aromatic heterocycles. The lowest BCUT2D eigenvalue weighted by atomic mass is 10.1. The van der Waals surface area contributed by atoms with E-state index in [2.05, 4.69) is 37.2 Å². The number of benzene rings is 1. The van der Waals surface area contributed by atoms with Gasteiger partial charge in [0.1, 0.15) is 0 Å². The maximum Gasteiger partial charge on any atom is 0.265 e. The van der Waals surface area contributed by atoms with E-state index in [0.29, 0.717) is 16.3 Å². The van der Waals surface area contributed by atoms with E-state index < -0.39 is 0 Å². The van der Waals surface area contributed by atoms with Crippen LogP contribution in [-0.2, 0) is 6.42 Å². The van der Waals surface area contributed by atoms with Gasteiger partial charge in [0.25, 0.3) is 5.91 Å². The van der Waals surface area contributed by atoms with E-state index in [-0.39, 0.29) is 5.91 Å². The Bertz CT molecular complexity index is 633. The van der Waals surface area contributed by atoms with Crippen molar-refractivity contribution in [3.63, 3.8) is 0 Å². The normalized spacial score (nSPS) is 10.3. The van der Waals surface area contributed by atoms with Gasteiger partial charge in [-0.2, -0.15) is 0 Å². The second-order valence-corrected chi connectivity index (χ2v) is 7.78. The zero-order chi connectivity index (χ0) is 14.7. The molecule has 0 aliphatic rings. The molecule has 0 aliphatic heterocycles. The molecule has 0 aliphatic carbocycles. The Hall–Kier alpha value is -0.760. The first-order chi connectivity index (χ1) is 9.45. The molecule has 3 N–H and O–H groups in total. The summed E-state index contributed by atoms with van der Waals surface area (Å²) in [5.74, 6) is -0.136. The fraction of sp³-hybridized carbons (Fsp3) is 0.0769. The summed E-state index contributed by atoms with van der Waals surface area (Å²) in [5, 5.41) is 2.85. The summed E-state index contributed by atoms with van der Waals surface area (Å²) in [6.45, 7) is 0. The highest BCUT2D eigenvalue weighted by molar-refractivity contribution is 9.13. The van der Waals surface area contributed by atoms with Crippen LogP contribution in [0.25, 0.3) is 0 Å². The third-order valence-corrected chi connectivity index (χ3v) is 5.86. The van der Waals surface area contributed by atoms with Gasteiger partial charge in [-0.05, 0) is 55.6 Å². The minimum absolute atomic E-state index is 0.136. The third kappa shape index (κ3) is 4.12. The first-order valence-electron chi connectivity index (χ1n) is 5.59. The Morgan fingerprint density at radius 2 is 1.95 bits per heavy atom. The van der Waals surface area contributed by atoms with Gasteiger partial charge in [-0.15, -0.1) is 11.3 Å². The van der Waals surface area contributed by atoms with Crippen molar-refractivity contribution in [3.8, 4) is 0 Å². The molecule has 0 saturated carbocycles. The van der Waals surface area contributed by atoms with Crippen molar-refractivity contribution in [1.82, 2.24) is 0 Å². The second-order valence-electron chi connectivity index (χ2n) is 4.03. The van der Waals surface area contributed by atoms with Crippen molar-refractivity contribution >= 4 is 72.0 Å². The highest BCUT2D eigenvalue weighted by Crippen LogP contribution is 2.32. The number of hydrogen-bond acceptors (Lipinski definition) is 3. The van der Waals surface area contributed by atoms with Crippen LogP contribution in [0.2, 0.25) is 0 Å². The Morgan fingerprint density at radius 1 is 1.30 bits per heavy atom. The number of rotatable bonds is 4. The van der Waals surface area contributed by atoms with Crippen LogP contribution in [0.4, 0.5) is 5.69 Å². The van der Waals surface area contributed by atoms with E-state index in [1.165, 1.54) is 11.3 Å². The third-order valence-electron chi connectivity index (χ3n) is 2.46. The fourth-order valence-corrected chi connectivity index (χ4v) is 3.66. The van der Waals surface area contributed by atoms with Crippen LogP contribution in [0.15, 0.2) is 38.6 Å². The van der Waals surface area contributed by atoms with Crippen molar-refractivity contribution in [3.05, 3.63) is 49.0 Å². The van der Waals surface area contributed by atoms with Gasteiger partial charge in [0.05, 0.1) is 13.7 Å². The number of thiocarbonyl (C=S) groups is 1. The van der Waals surface area contributed by atoms with Crippen LogP contribution >= 0.6 is 55.4 Å². The van der Waals surface area contributed by atoms with Gasteiger partial charge in [0.15, 0.2) is 0 Å². The molecule has 2 rings (SSSR count). The SMILES string of the molecule is NC(=S)Cc1ccc(NC(=O)c2cc(Br)c(Br)s2)cc1. The Morgan fingerprint density at radius 3 is 2.45 bits per heavy atom. The van der Waals surface area contributed by atoms with E-state index in [9.17, 15) is 4.79 Å². The van der Waals surface area contributed by atoms with Gasteiger partial charge in [-0.25, -0.2) is 0 Å². The molecule has 1 aromatic carbocycles. The molecule has 0 bridgehead atoms. The molecule has 2 aromatic rings. The van der Waals surface area contributed by atoms with Gasteiger partial charge in [0, 0.05) is 16.6 Å². The number of nitrogens with one attached hydrogen (secondary N) is 1. The summed E-state index contributed by atoms with van der Waals surface area (Å²) in [7, 11) is 0. The monoisotopic (exact) mass is 432 g/mol. The second kappa shape index (κ2) is 6.80. The van der Waals surface area contributed by atoms with Crippen LogP contribution in [0.1, 0.15) is 15.2 Å². The quantitative estimate of drug-likeness (QED) is 0.704. The Labute approximate surface area is 142 Å². The Balaban J connectivity index is 2.06. The smallest absolute Gasteiger partial charge is 0.265 e. The van der Waals surface area contributed by atoms with Crippen molar-refractivity contribution in [2.45, 2.75) is 6.42 Å². The molecule has 20 heavy (non-hydrogen) atoms. The Kier molecular flexibility index (Phi) is 5.31. The van der Waals surface area contributed by atoms with Crippen molar-refractivity contribution in [1.29, 1.82) is 0 Å². The first kappa shape index (κ1) is 15.6. The molecule has 7 heteroatoms. The molecular weight excluding hydrogens is 424 g/mol. The number of amides is 1. The maximum absolute atomic E-state index is 12.1. The molecule has 1 heterocycles. The van der Waals surface area contributed by atoms with E-state index >= 15 is 0 Å². The number of anilines is 1. The molecule has 0 spiro atoms. The van der Waals surface area contributed by atoms with Gasteiger partial charge in [0.2, 0.25) is 0 Å². The molecule has 0 fully saturated rings. The van der Waals surface area contributed by atoms with E-state index in [4.69, 9.17) is 18.0 Å². The molecule has 0 unspecified atom stereocenters. The molecule has 1 amide bonds. The van der Waals surface area contributed by atoms with Crippen LogP contribution in [0, 0.1) is 0 Å². The predicted octanol–water partition coefficient (Wildman–Crippen LogP) is 4.35. The summed E-state index contributed by atoms with van der Waals surface area (Å²) < 4.78 is 1.77. The molecule has 0 saturated heterocycles. The first-order valence-corrected chi connectivity index (χ1v) is 8.40. The minimum Gasteiger partial charge on any atom is -0.393 e. The van der Waals surface area contributed by atoms with Crippen LogP contribution in [0.3, 0.4) is 0 Å². The lowest BCUT2D eigenvalue weighted by molar-refractivity contribution is 0.103. The number of nitrogens with two attached hydrogens (primary N) is 1. The number of halogens is 2. The zero-order valence-corrected chi connectivity index (χ0v) is 15.0. The standard InChI is InChI=1S/C13H10Br2N2OS2/c14-9-6-10(20-12(9)15)13(18)17-8-3-1-7(2-4-8)5-11(16)19/h1-4,6H,5H2,(H2,16,19)(H,17,18). The maximum atomic E-state index is 12.1. The van der Waals surface area contributed by atoms with Crippen LogP contribution in [-0.4, -0.2) is 10.9 Å².